The first kappa shape index (κ1) is 15.6. The van der Waals surface area contributed by atoms with Crippen LogP contribution in [-0.2, 0) is 7.05 Å². The zero-order valence-corrected chi connectivity index (χ0v) is 14.5. The third-order valence-electron chi connectivity index (χ3n) is 3.92. The highest BCUT2D eigenvalue weighted by Gasteiger charge is 2.26. The fraction of sp³-hybridized carbons (Fsp3) is 0.176. The first-order valence-corrected chi connectivity index (χ1v) is 7.81. The molecule has 23 heavy (non-hydrogen) atoms. The molecule has 0 saturated heterocycles. The van der Waals surface area contributed by atoms with Crippen LogP contribution in [0.5, 0.6) is 5.75 Å². The second-order valence-electron chi connectivity index (χ2n) is 5.35. The monoisotopic (exact) mass is 374 g/mol. The summed E-state index contributed by atoms with van der Waals surface area (Å²) in [4.78, 5) is 11.7. The van der Waals surface area contributed by atoms with Crippen LogP contribution in [0.25, 0.3) is 22.3 Å². The van der Waals surface area contributed by atoms with Crippen molar-refractivity contribution in [3.8, 4) is 28.0 Å². The zero-order valence-electron chi connectivity index (χ0n) is 12.9. The third-order valence-corrected chi connectivity index (χ3v) is 4.85. The van der Waals surface area contributed by atoms with Crippen molar-refractivity contribution in [2.75, 3.05) is 0 Å². The summed E-state index contributed by atoms with van der Waals surface area (Å²) in [6, 6.07) is 6.86. The maximum absolute atomic E-state index is 11.7. The number of rotatable bonds is 3. The minimum atomic E-state index is 0.190. The van der Waals surface area contributed by atoms with E-state index in [1.807, 2.05) is 33.0 Å². The molecule has 0 aliphatic heterocycles. The zero-order chi connectivity index (χ0) is 16.7. The van der Waals surface area contributed by atoms with Crippen LogP contribution in [0.4, 0.5) is 0 Å². The highest BCUT2D eigenvalue weighted by atomic mass is 79.9. The van der Waals surface area contributed by atoms with Crippen molar-refractivity contribution in [1.29, 1.82) is 0 Å². The van der Waals surface area contributed by atoms with E-state index in [9.17, 15) is 9.90 Å². The van der Waals surface area contributed by atoms with E-state index in [4.69, 9.17) is 4.52 Å². The lowest BCUT2D eigenvalue weighted by atomic mass is 9.96. The van der Waals surface area contributed by atoms with Gasteiger partial charge in [0.2, 0.25) is 0 Å². The van der Waals surface area contributed by atoms with Gasteiger partial charge >= 0.3 is 0 Å². The Labute approximate surface area is 141 Å². The Morgan fingerprint density at radius 3 is 2.35 bits per heavy atom. The van der Waals surface area contributed by atoms with E-state index in [0.717, 1.165) is 38.8 Å². The van der Waals surface area contributed by atoms with Gasteiger partial charge in [0, 0.05) is 18.2 Å². The van der Waals surface area contributed by atoms with Gasteiger partial charge in [-0.05, 0) is 47.5 Å². The number of nitrogens with zero attached hydrogens (tertiary/aromatic N) is 2. The summed E-state index contributed by atoms with van der Waals surface area (Å²) < 4.78 is 7.84. The molecular weight excluding hydrogens is 360 g/mol. The van der Waals surface area contributed by atoms with E-state index < -0.39 is 0 Å². The molecular formula is C17H15BrN2O3. The van der Waals surface area contributed by atoms with E-state index in [1.54, 1.807) is 16.7 Å². The summed E-state index contributed by atoms with van der Waals surface area (Å²) in [7, 11) is 1.82. The molecule has 6 heteroatoms. The molecule has 0 aliphatic rings. The summed E-state index contributed by atoms with van der Waals surface area (Å²) in [6.07, 6.45) is 0.829. The predicted molar refractivity (Wildman–Crippen MR) is 90.6 cm³/mol. The Kier molecular flexibility index (Phi) is 3.85. The van der Waals surface area contributed by atoms with E-state index in [2.05, 4.69) is 21.1 Å². The smallest absolute Gasteiger partial charge is 0.167 e. The second kappa shape index (κ2) is 5.70. The molecule has 0 amide bonds. The standard InChI is InChI=1S/C17H15BrN2O3/c1-9-14(10(2)23-19-9)16-13(8-21)20(3)17(18)15(16)11-4-6-12(22)7-5-11/h4-8,22H,1-3H3. The van der Waals surface area contributed by atoms with Gasteiger partial charge in [-0.25, -0.2) is 0 Å². The van der Waals surface area contributed by atoms with Gasteiger partial charge in [0.05, 0.1) is 21.6 Å². The number of aryl methyl sites for hydroxylation is 2. The van der Waals surface area contributed by atoms with E-state index in [-0.39, 0.29) is 5.75 Å². The minimum absolute atomic E-state index is 0.190. The molecule has 1 aromatic carbocycles. The van der Waals surface area contributed by atoms with Gasteiger partial charge in [-0.3, -0.25) is 4.79 Å². The first-order valence-electron chi connectivity index (χ1n) is 7.01. The Balaban J connectivity index is 2.40. The van der Waals surface area contributed by atoms with Crippen molar-refractivity contribution in [3.63, 3.8) is 0 Å². The lowest BCUT2D eigenvalue weighted by Crippen LogP contribution is -1.96. The number of carbonyl (C=O) groups excluding carboxylic acids is 1. The molecule has 0 bridgehead atoms. The number of phenols is 1. The maximum Gasteiger partial charge on any atom is 0.167 e. The van der Waals surface area contributed by atoms with Gasteiger partial charge in [-0.1, -0.05) is 17.3 Å². The van der Waals surface area contributed by atoms with Crippen LogP contribution in [0.2, 0.25) is 0 Å². The van der Waals surface area contributed by atoms with Crippen molar-refractivity contribution in [3.05, 3.63) is 46.0 Å². The molecule has 1 N–H and O–H groups in total. The van der Waals surface area contributed by atoms with Crippen molar-refractivity contribution < 1.29 is 14.4 Å². The number of hydrogen-bond donors (Lipinski definition) is 1. The highest BCUT2D eigenvalue weighted by Crippen LogP contribution is 2.44. The summed E-state index contributed by atoms with van der Waals surface area (Å²) >= 11 is 3.57. The average Bonchev–Trinajstić information content (AvgIpc) is 2.98. The quantitative estimate of drug-likeness (QED) is 0.695. The fourth-order valence-electron chi connectivity index (χ4n) is 2.79. The van der Waals surface area contributed by atoms with Crippen LogP contribution >= 0.6 is 15.9 Å². The normalized spacial score (nSPS) is 11.0. The second-order valence-corrected chi connectivity index (χ2v) is 6.10. The van der Waals surface area contributed by atoms with E-state index in [0.29, 0.717) is 11.5 Å². The molecule has 5 nitrogen and oxygen atoms in total. The molecule has 118 valence electrons. The number of halogens is 1. The van der Waals surface area contributed by atoms with Crippen molar-refractivity contribution in [1.82, 2.24) is 9.72 Å². The fourth-order valence-corrected chi connectivity index (χ4v) is 3.41. The molecule has 0 unspecified atom stereocenters. The van der Waals surface area contributed by atoms with Crippen molar-refractivity contribution in [2.24, 2.45) is 7.05 Å². The van der Waals surface area contributed by atoms with Gasteiger partial charge in [0.25, 0.3) is 0 Å². The molecule has 0 radical (unpaired) electrons. The average molecular weight is 375 g/mol. The van der Waals surface area contributed by atoms with Crippen LogP contribution < -0.4 is 0 Å². The predicted octanol–water partition coefficient (Wildman–Crippen LogP) is 4.24. The topological polar surface area (TPSA) is 68.3 Å². The Bertz CT molecular complexity index is 872. The van der Waals surface area contributed by atoms with Crippen LogP contribution in [0, 0.1) is 13.8 Å². The number of benzene rings is 1. The van der Waals surface area contributed by atoms with Crippen LogP contribution in [0.1, 0.15) is 21.9 Å². The molecule has 2 aromatic heterocycles. The molecule has 2 heterocycles. The molecule has 3 aromatic rings. The molecule has 3 rings (SSSR count). The minimum Gasteiger partial charge on any atom is -0.508 e. The molecule has 0 saturated carbocycles. The van der Waals surface area contributed by atoms with Crippen molar-refractivity contribution in [2.45, 2.75) is 13.8 Å². The third kappa shape index (κ3) is 2.39. The number of aldehydes is 1. The van der Waals surface area contributed by atoms with Gasteiger partial charge in [0.15, 0.2) is 6.29 Å². The number of aromatic nitrogens is 2. The van der Waals surface area contributed by atoms with Crippen LogP contribution in [-0.4, -0.2) is 21.1 Å². The van der Waals surface area contributed by atoms with Gasteiger partial charge in [-0.2, -0.15) is 0 Å². The van der Waals surface area contributed by atoms with Gasteiger partial charge in [0.1, 0.15) is 11.5 Å². The number of carbonyl (C=O) groups is 1. The van der Waals surface area contributed by atoms with Gasteiger partial charge < -0.3 is 14.2 Å². The largest absolute Gasteiger partial charge is 0.508 e. The molecule has 0 atom stereocenters. The van der Waals surface area contributed by atoms with Crippen LogP contribution in [0.3, 0.4) is 0 Å². The number of hydrogen-bond acceptors (Lipinski definition) is 4. The Morgan fingerprint density at radius 2 is 1.83 bits per heavy atom. The lowest BCUT2D eigenvalue weighted by molar-refractivity contribution is 0.111. The summed E-state index contributed by atoms with van der Waals surface area (Å²) in [5.41, 5.74) is 4.60. The molecule has 0 aliphatic carbocycles. The summed E-state index contributed by atoms with van der Waals surface area (Å²) in [5, 5.41) is 13.5. The first-order chi connectivity index (χ1) is 11.0. The maximum atomic E-state index is 11.7. The summed E-state index contributed by atoms with van der Waals surface area (Å²) in [6.45, 7) is 3.67. The number of phenolic OH excluding ortho intramolecular Hbond substituents is 1. The van der Waals surface area contributed by atoms with E-state index in [1.165, 1.54) is 0 Å². The Morgan fingerprint density at radius 1 is 1.17 bits per heavy atom. The SMILES string of the molecule is Cc1noc(C)c1-c1c(-c2ccc(O)cc2)c(Br)n(C)c1C=O. The molecule has 0 spiro atoms. The van der Waals surface area contributed by atoms with Crippen molar-refractivity contribution >= 4 is 22.2 Å². The summed E-state index contributed by atoms with van der Waals surface area (Å²) in [5.74, 6) is 0.846. The molecule has 0 fully saturated rings. The van der Waals surface area contributed by atoms with E-state index >= 15 is 0 Å². The van der Waals surface area contributed by atoms with Gasteiger partial charge in [-0.15, -0.1) is 0 Å². The number of aromatic hydroxyl groups is 1. The Hall–Kier alpha value is -2.34. The lowest BCUT2D eigenvalue weighted by Gasteiger charge is -2.06. The van der Waals surface area contributed by atoms with Crippen LogP contribution in [0.15, 0.2) is 33.4 Å². The highest BCUT2D eigenvalue weighted by molar-refractivity contribution is 9.10.